The summed E-state index contributed by atoms with van der Waals surface area (Å²) in [5, 5.41) is 13.5. The Morgan fingerprint density at radius 1 is 1.14 bits per heavy atom. The van der Waals surface area contributed by atoms with E-state index in [1.165, 1.54) is 39.7 Å². The minimum absolute atomic E-state index is 0.0990. The first-order valence-corrected chi connectivity index (χ1v) is 13.4. The van der Waals surface area contributed by atoms with Crippen LogP contribution in [-0.4, -0.2) is 99.4 Å². The number of nitro groups is 1. The maximum atomic E-state index is 14.4. The molecule has 0 aromatic heterocycles. The van der Waals surface area contributed by atoms with Gasteiger partial charge < -0.3 is 25.4 Å². The van der Waals surface area contributed by atoms with Crippen molar-refractivity contribution in [2.75, 3.05) is 13.7 Å². The van der Waals surface area contributed by atoms with E-state index in [1.54, 1.807) is 0 Å². The van der Waals surface area contributed by atoms with Crippen LogP contribution in [0.3, 0.4) is 0 Å². The molecule has 2 unspecified atom stereocenters. The number of nitro benzene ring substituents is 1. The molecular formula is C27H35N5O10. The lowest BCUT2D eigenvalue weighted by Crippen LogP contribution is -2.70. The van der Waals surface area contributed by atoms with Gasteiger partial charge in [-0.2, -0.15) is 0 Å². The second-order valence-corrected chi connectivity index (χ2v) is 10.6. The zero-order valence-corrected chi connectivity index (χ0v) is 24.0. The van der Waals surface area contributed by atoms with Crippen LogP contribution in [-0.2, 0) is 28.7 Å². The summed E-state index contributed by atoms with van der Waals surface area (Å²) >= 11 is 0. The normalized spacial score (nSPS) is 23.5. The van der Waals surface area contributed by atoms with Crippen molar-refractivity contribution >= 4 is 40.9 Å². The molecule has 1 saturated heterocycles. The first kappa shape index (κ1) is 32.3. The summed E-state index contributed by atoms with van der Waals surface area (Å²) < 4.78 is 10.6. The number of likely N-dealkylation sites (tertiary alicyclic amines) is 1. The van der Waals surface area contributed by atoms with Gasteiger partial charge in [-0.15, -0.1) is 0 Å². The molecular weight excluding hydrogens is 554 g/mol. The van der Waals surface area contributed by atoms with Crippen LogP contribution in [0, 0.1) is 10.1 Å². The fourth-order valence-electron chi connectivity index (χ4n) is 5.32. The lowest BCUT2D eigenvalue weighted by molar-refractivity contribution is -0.384. The third kappa shape index (κ3) is 5.87. The van der Waals surface area contributed by atoms with Gasteiger partial charge in [0.1, 0.15) is 17.9 Å². The quantitative estimate of drug-likeness (QED) is 0.218. The maximum Gasteiger partial charge on any atom is 0.417 e. The molecule has 3 N–H and O–H groups in total. The summed E-state index contributed by atoms with van der Waals surface area (Å²) in [7, 11) is 1.19. The minimum Gasteiger partial charge on any atom is -0.410 e. The van der Waals surface area contributed by atoms with Gasteiger partial charge in [0.15, 0.2) is 11.6 Å². The molecule has 15 heteroatoms. The van der Waals surface area contributed by atoms with Gasteiger partial charge in [-0.3, -0.25) is 39.0 Å². The molecule has 42 heavy (non-hydrogen) atoms. The summed E-state index contributed by atoms with van der Waals surface area (Å²) in [6.45, 7) is 5.94. The molecule has 1 aliphatic carbocycles. The molecule has 15 nitrogen and oxygen atoms in total. The van der Waals surface area contributed by atoms with Crippen LogP contribution >= 0.6 is 0 Å². The number of amides is 3. The Bertz CT molecular complexity index is 1280. The first-order chi connectivity index (χ1) is 19.7. The molecule has 0 radical (unpaired) electrons. The van der Waals surface area contributed by atoms with E-state index in [9.17, 15) is 38.9 Å². The molecule has 0 bridgehead atoms. The average molecular weight is 590 g/mol. The minimum atomic E-state index is -2.67. The van der Waals surface area contributed by atoms with Crippen LogP contribution in [0.1, 0.15) is 47.0 Å². The third-order valence-electron chi connectivity index (χ3n) is 7.37. The van der Waals surface area contributed by atoms with Crippen LogP contribution < -0.4 is 15.8 Å². The van der Waals surface area contributed by atoms with Gasteiger partial charge in [-0.25, -0.2) is 4.79 Å². The van der Waals surface area contributed by atoms with Crippen LogP contribution in [0.2, 0.25) is 0 Å². The number of carbonyl (C=O) groups excluding carboxylic acids is 6. The lowest BCUT2D eigenvalue weighted by atomic mass is 9.82. The van der Waals surface area contributed by atoms with E-state index < -0.39 is 82.4 Å². The SMILES string of the molecule is COC1CC(=O)C(C(=O)[C@@H]2CCCN2C(=O)[C@H](C)NC(=O)[C@H](C)N)(N(C(=O)Oc2ccc([N+](=O)[O-])cc2)C(C)C)C1=O. The lowest BCUT2D eigenvalue weighted by Gasteiger charge is -2.41. The molecule has 1 saturated carbocycles. The molecule has 2 aliphatic rings. The number of methoxy groups -OCH3 is 1. The predicted molar refractivity (Wildman–Crippen MR) is 145 cm³/mol. The van der Waals surface area contributed by atoms with Crippen molar-refractivity contribution < 1.29 is 43.2 Å². The van der Waals surface area contributed by atoms with Crippen molar-refractivity contribution in [3.8, 4) is 5.75 Å². The molecule has 3 amide bonds. The highest BCUT2D eigenvalue weighted by molar-refractivity contribution is 6.36. The van der Waals surface area contributed by atoms with Crippen LogP contribution in [0.5, 0.6) is 5.75 Å². The smallest absolute Gasteiger partial charge is 0.410 e. The molecule has 0 spiro atoms. The van der Waals surface area contributed by atoms with Gasteiger partial charge in [0, 0.05) is 38.2 Å². The van der Waals surface area contributed by atoms with Gasteiger partial charge >= 0.3 is 6.09 Å². The molecule has 1 aromatic rings. The topological polar surface area (TPSA) is 209 Å². The molecule has 2 fully saturated rings. The highest BCUT2D eigenvalue weighted by atomic mass is 16.6. The number of ketones is 3. The zero-order valence-electron chi connectivity index (χ0n) is 24.0. The Balaban J connectivity index is 2.03. The van der Waals surface area contributed by atoms with Gasteiger partial charge in [-0.1, -0.05) is 0 Å². The fraction of sp³-hybridized carbons (Fsp3) is 0.556. The van der Waals surface area contributed by atoms with Gasteiger partial charge in [0.25, 0.3) is 5.69 Å². The van der Waals surface area contributed by atoms with E-state index in [-0.39, 0.29) is 24.4 Å². The number of hydrogen-bond donors (Lipinski definition) is 2. The highest BCUT2D eigenvalue weighted by Gasteiger charge is 2.67. The van der Waals surface area contributed by atoms with Crippen LogP contribution in [0.15, 0.2) is 24.3 Å². The first-order valence-electron chi connectivity index (χ1n) is 13.4. The molecule has 228 valence electrons. The van der Waals surface area contributed by atoms with Crippen molar-refractivity contribution in [3.05, 3.63) is 34.4 Å². The summed E-state index contributed by atoms with van der Waals surface area (Å²) in [4.78, 5) is 93.3. The summed E-state index contributed by atoms with van der Waals surface area (Å²) in [5.74, 6) is -4.18. The number of Topliss-reactive ketones (excluding diaryl/α,β-unsaturated/α-hetero) is 3. The van der Waals surface area contributed by atoms with Gasteiger partial charge in [0.2, 0.25) is 23.1 Å². The zero-order chi connectivity index (χ0) is 31.5. The Morgan fingerprint density at radius 2 is 1.76 bits per heavy atom. The molecule has 3 rings (SSSR count). The fourth-order valence-corrected chi connectivity index (χ4v) is 5.32. The number of non-ortho nitro benzene ring substituents is 1. The Hall–Kier alpha value is -4.24. The number of carbonyl (C=O) groups is 6. The maximum absolute atomic E-state index is 14.4. The number of benzene rings is 1. The van der Waals surface area contributed by atoms with Gasteiger partial charge in [-0.05, 0) is 52.7 Å². The van der Waals surface area contributed by atoms with Crippen molar-refractivity contribution in [2.45, 2.75) is 82.8 Å². The Morgan fingerprint density at radius 3 is 2.26 bits per heavy atom. The highest BCUT2D eigenvalue weighted by Crippen LogP contribution is 2.38. The Kier molecular flexibility index (Phi) is 9.79. The molecule has 1 heterocycles. The van der Waals surface area contributed by atoms with Crippen LogP contribution in [0.25, 0.3) is 0 Å². The molecule has 5 atom stereocenters. The third-order valence-corrected chi connectivity index (χ3v) is 7.37. The number of rotatable bonds is 10. The predicted octanol–water partition coefficient (Wildman–Crippen LogP) is 0.512. The van der Waals surface area contributed by atoms with Crippen molar-refractivity contribution in [2.24, 2.45) is 5.73 Å². The summed E-state index contributed by atoms with van der Waals surface area (Å²) in [6.07, 6.45) is -2.58. The van der Waals surface area contributed by atoms with E-state index in [0.29, 0.717) is 6.42 Å². The largest absolute Gasteiger partial charge is 0.417 e. The van der Waals surface area contributed by atoms with E-state index in [1.807, 2.05) is 0 Å². The van der Waals surface area contributed by atoms with Crippen molar-refractivity contribution in [1.29, 1.82) is 0 Å². The average Bonchev–Trinajstić information content (AvgIpc) is 3.51. The molecule has 1 aromatic carbocycles. The molecule has 1 aliphatic heterocycles. The standard InChI is InChI=1S/C27H35N5O10/c1-14(2)31(26(38)42-18-10-8-17(9-11-18)32(39)40)27(21(33)13-20(41-5)23(27)35)22(34)19-7-6-12-30(19)25(37)16(4)29-24(36)15(3)28/h8-11,14-16,19-20H,6-7,12-13,28H2,1-5H3,(H,29,36)/t15-,16-,19-,20?,27?/m0/s1. The van der Waals surface area contributed by atoms with Crippen molar-refractivity contribution in [1.82, 2.24) is 15.1 Å². The van der Waals surface area contributed by atoms with Crippen LogP contribution in [0.4, 0.5) is 10.5 Å². The number of nitrogens with zero attached hydrogens (tertiary/aromatic N) is 3. The number of nitrogens with one attached hydrogen (secondary N) is 1. The van der Waals surface area contributed by atoms with E-state index in [0.717, 1.165) is 29.2 Å². The van der Waals surface area contributed by atoms with Crippen molar-refractivity contribution in [3.63, 3.8) is 0 Å². The number of nitrogens with two attached hydrogens (primary N) is 1. The summed E-state index contributed by atoms with van der Waals surface area (Å²) in [5.41, 5.74) is 2.65. The van der Waals surface area contributed by atoms with E-state index >= 15 is 0 Å². The van der Waals surface area contributed by atoms with Gasteiger partial charge in [0.05, 0.1) is 17.0 Å². The second-order valence-electron chi connectivity index (χ2n) is 10.6. The number of ether oxygens (including phenoxy) is 2. The summed E-state index contributed by atoms with van der Waals surface area (Å²) in [6, 6.07) is 0.362. The van der Waals surface area contributed by atoms with E-state index in [4.69, 9.17) is 15.2 Å². The van der Waals surface area contributed by atoms with E-state index in [2.05, 4.69) is 5.32 Å². The Labute approximate surface area is 241 Å². The monoisotopic (exact) mass is 589 g/mol. The second kappa shape index (κ2) is 12.7. The number of hydrogen-bond acceptors (Lipinski definition) is 11.